The van der Waals surface area contributed by atoms with Gasteiger partial charge in [0, 0.05) is 5.75 Å². The van der Waals surface area contributed by atoms with E-state index in [0.717, 1.165) is 10.0 Å². The van der Waals surface area contributed by atoms with E-state index in [9.17, 15) is 9.59 Å². The molecule has 0 aliphatic heterocycles. The van der Waals surface area contributed by atoms with E-state index in [-0.39, 0.29) is 12.2 Å². The fraction of sp³-hybridized carbons (Fsp3) is 0.174. The minimum Gasteiger partial charge on any atom is -0.483 e. The summed E-state index contributed by atoms with van der Waals surface area (Å²) in [6.45, 7) is 3.86. The van der Waals surface area contributed by atoms with Crippen LogP contribution in [0, 0.1) is 13.8 Å². The Labute approximate surface area is 201 Å². The summed E-state index contributed by atoms with van der Waals surface area (Å²) in [6.07, 6.45) is 0. The number of aromatic nitrogens is 2. The predicted octanol–water partition coefficient (Wildman–Crippen LogP) is 5.28. The lowest BCUT2D eigenvalue weighted by Gasteiger charge is -2.14. The molecule has 2 aromatic carbocycles. The first-order chi connectivity index (χ1) is 15.4. The van der Waals surface area contributed by atoms with Crippen LogP contribution in [-0.2, 0) is 10.5 Å². The van der Waals surface area contributed by atoms with Crippen LogP contribution < -0.4 is 15.7 Å². The summed E-state index contributed by atoms with van der Waals surface area (Å²) >= 11 is 6.10. The quantitative estimate of drug-likeness (QED) is 0.260. The molecule has 32 heavy (non-hydrogen) atoms. The van der Waals surface area contributed by atoms with Crippen molar-refractivity contribution < 1.29 is 9.53 Å². The summed E-state index contributed by atoms with van der Waals surface area (Å²) in [4.78, 5) is 30.3. The van der Waals surface area contributed by atoms with Gasteiger partial charge in [-0.3, -0.25) is 15.0 Å². The lowest BCUT2D eigenvalue weighted by molar-refractivity contribution is -0.119. The van der Waals surface area contributed by atoms with Crippen molar-refractivity contribution in [2.45, 2.75) is 24.8 Å². The highest BCUT2D eigenvalue weighted by Gasteiger charge is 2.16. The highest BCUT2D eigenvalue weighted by molar-refractivity contribution is 9.10. The first kappa shape index (κ1) is 22.6. The summed E-state index contributed by atoms with van der Waals surface area (Å²) in [6, 6.07) is 15.3. The number of benzene rings is 2. The number of hydrogen-bond donors (Lipinski definition) is 1. The van der Waals surface area contributed by atoms with Crippen molar-refractivity contribution in [1.82, 2.24) is 9.66 Å². The lowest BCUT2D eigenvalue weighted by atomic mass is 10.1. The molecule has 0 unspecified atom stereocenters. The van der Waals surface area contributed by atoms with Gasteiger partial charge in [0.05, 0.1) is 9.99 Å². The highest BCUT2D eigenvalue weighted by Crippen LogP contribution is 2.26. The number of carbonyl (C=O) groups excluding carboxylic acids is 1. The van der Waals surface area contributed by atoms with E-state index in [0.29, 0.717) is 26.9 Å². The zero-order valence-corrected chi connectivity index (χ0v) is 20.6. The van der Waals surface area contributed by atoms with Crippen molar-refractivity contribution >= 4 is 55.2 Å². The van der Waals surface area contributed by atoms with Gasteiger partial charge in [0.2, 0.25) is 0 Å². The van der Waals surface area contributed by atoms with Gasteiger partial charge in [-0.05, 0) is 64.5 Å². The number of nitrogens with zero attached hydrogens (tertiary/aromatic N) is 2. The normalized spacial score (nSPS) is 11.0. The topological polar surface area (TPSA) is 73.2 Å². The van der Waals surface area contributed by atoms with Gasteiger partial charge in [-0.25, -0.2) is 4.98 Å². The fourth-order valence-corrected chi connectivity index (χ4v) is 5.22. The molecule has 1 amide bonds. The average Bonchev–Trinajstić information content (AvgIpc) is 3.25. The number of amides is 1. The summed E-state index contributed by atoms with van der Waals surface area (Å²) in [5.41, 5.74) is 6.47. The monoisotopic (exact) mass is 529 g/mol. The number of para-hydroxylation sites is 1. The molecule has 0 bridgehead atoms. The zero-order valence-electron chi connectivity index (χ0n) is 17.4. The molecule has 0 aliphatic rings. The van der Waals surface area contributed by atoms with Crippen LogP contribution >= 0.6 is 39.0 Å². The molecule has 6 nitrogen and oxygen atoms in total. The summed E-state index contributed by atoms with van der Waals surface area (Å²) in [5, 5.41) is 2.25. The second-order valence-electron chi connectivity index (χ2n) is 7.14. The van der Waals surface area contributed by atoms with Gasteiger partial charge in [-0.15, -0.1) is 11.3 Å². The molecule has 2 aromatic heterocycles. The van der Waals surface area contributed by atoms with E-state index >= 15 is 0 Å². The van der Waals surface area contributed by atoms with Crippen LogP contribution in [0.3, 0.4) is 0 Å². The average molecular weight is 530 g/mol. The Morgan fingerprint density at radius 1 is 1.22 bits per heavy atom. The number of aryl methyl sites for hydroxylation is 2. The van der Waals surface area contributed by atoms with Gasteiger partial charge in [0.1, 0.15) is 10.4 Å². The second-order valence-corrected chi connectivity index (χ2v) is 9.86. The number of thiophene rings is 1. The summed E-state index contributed by atoms with van der Waals surface area (Å²) in [7, 11) is 0. The predicted molar refractivity (Wildman–Crippen MR) is 133 cm³/mol. The molecule has 0 spiro atoms. The highest BCUT2D eigenvalue weighted by atomic mass is 79.9. The van der Waals surface area contributed by atoms with E-state index in [1.807, 2.05) is 36.6 Å². The molecule has 0 radical (unpaired) electrons. The lowest BCUT2D eigenvalue weighted by Crippen LogP contribution is -2.37. The van der Waals surface area contributed by atoms with Crippen molar-refractivity contribution in [2.24, 2.45) is 0 Å². The number of fused-ring (bicyclic) bond motifs is 1. The van der Waals surface area contributed by atoms with Crippen LogP contribution in [0.5, 0.6) is 5.75 Å². The van der Waals surface area contributed by atoms with Crippen LogP contribution in [-0.4, -0.2) is 22.2 Å². The van der Waals surface area contributed by atoms with Gasteiger partial charge in [-0.2, -0.15) is 4.68 Å². The van der Waals surface area contributed by atoms with Crippen molar-refractivity contribution in [3.05, 3.63) is 85.4 Å². The minimum absolute atomic E-state index is 0.237. The summed E-state index contributed by atoms with van der Waals surface area (Å²) in [5.74, 6) is 0.722. The van der Waals surface area contributed by atoms with Gasteiger partial charge in [0.25, 0.3) is 11.5 Å². The fourth-order valence-electron chi connectivity index (χ4n) is 3.05. The molecule has 0 saturated heterocycles. The number of ether oxygens (including phenoxy) is 1. The number of rotatable bonds is 7. The zero-order chi connectivity index (χ0) is 22.7. The third-order valence-corrected chi connectivity index (χ3v) is 7.28. The maximum Gasteiger partial charge on any atom is 0.291 e. The van der Waals surface area contributed by atoms with E-state index in [1.165, 1.54) is 38.9 Å². The van der Waals surface area contributed by atoms with Gasteiger partial charge >= 0.3 is 0 Å². The van der Waals surface area contributed by atoms with Crippen LogP contribution in [0.15, 0.2) is 68.3 Å². The molecule has 2 heterocycles. The van der Waals surface area contributed by atoms with Crippen molar-refractivity contribution in [2.75, 3.05) is 12.0 Å². The van der Waals surface area contributed by atoms with Gasteiger partial charge in [0.15, 0.2) is 11.8 Å². The molecule has 1 N–H and O–H groups in total. The van der Waals surface area contributed by atoms with Crippen LogP contribution in [0.25, 0.3) is 10.2 Å². The second kappa shape index (κ2) is 9.89. The molecule has 0 saturated carbocycles. The van der Waals surface area contributed by atoms with Crippen molar-refractivity contribution in [3.8, 4) is 5.75 Å². The van der Waals surface area contributed by atoms with E-state index < -0.39 is 5.91 Å². The van der Waals surface area contributed by atoms with E-state index in [1.54, 1.807) is 6.07 Å². The number of nitrogens with one attached hydrogen (secondary N) is 1. The number of halogens is 1. The first-order valence-electron chi connectivity index (χ1n) is 9.79. The minimum atomic E-state index is -0.450. The smallest absolute Gasteiger partial charge is 0.291 e. The summed E-state index contributed by atoms with van der Waals surface area (Å²) < 4.78 is 8.05. The molecular weight excluding hydrogens is 510 g/mol. The van der Waals surface area contributed by atoms with Gasteiger partial charge in [-0.1, -0.05) is 47.7 Å². The van der Waals surface area contributed by atoms with Crippen LogP contribution in [0.4, 0.5) is 0 Å². The Hall–Kier alpha value is -2.62. The molecule has 4 rings (SSSR count). The Morgan fingerprint density at radius 2 is 2.03 bits per heavy atom. The number of carbonyl (C=O) groups is 1. The van der Waals surface area contributed by atoms with E-state index in [4.69, 9.17) is 4.74 Å². The molecule has 0 fully saturated rings. The number of hydrogen-bond acceptors (Lipinski definition) is 6. The van der Waals surface area contributed by atoms with Crippen molar-refractivity contribution in [1.29, 1.82) is 0 Å². The Kier molecular flexibility index (Phi) is 6.98. The Bertz CT molecular complexity index is 1350. The number of thioether (sulfide) groups is 1. The van der Waals surface area contributed by atoms with Crippen LogP contribution in [0.2, 0.25) is 0 Å². The molecule has 0 aliphatic carbocycles. The van der Waals surface area contributed by atoms with Crippen LogP contribution in [0.1, 0.15) is 16.7 Å². The third kappa shape index (κ3) is 5.06. The molecular formula is C23H20BrN3O3S2. The maximum absolute atomic E-state index is 13.1. The largest absolute Gasteiger partial charge is 0.483 e. The SMILES string of the molecule is Cc1ccc(C)c(CSc2nc3ccsc3c(=O)n2NC(=O)COc2ccccc2Br)c1. The first-order valence-corrected chi connectivity index (χ1v) is 12.4. The molecule has 4 aromatic rings. The molecule has 0 atom stereocenters. The Balaban J connectivity index is 1.57. The van der Waals surface area contributed by atoms with Crippen molar-refractivity contribution in [3.63, 3.8) is 0 Å². The van der Waals surface area contributed by atoms with E-state index in [2.05, 4.69) is 51.5 Å². The maximum atomic E-state index is 13.1. The third-order valence-electron chi connectivity index (χ3n) is 4.74. The molecule has 164 valence electrons. The standard InChI is InChI=1S/C23H20BrN3O3S2/c1-14-7-8-15(2)16(11-14)13-32-23-25-18-9-10-31-21(18)22(29)27(23)26-20(28)12-30-19-6-4-3-5-17(19)24/h3-11H,12-13H2,1-2H3,(H,26,28). The molecule has 9 heteroatoms. The Morgan fingerprint density at radius 3 is 2.84 bits per heavy atom. The van der Waals surface area contributed by atoms with Gasteiger partial charge < -0.3 is 4.74 Å².